The van der Waals surface area contributed by atoms with Crippen LogP contribution in [-0.2, 0) is 24.9 Å². The van der Waals surface area contributed by atoms with E-state index in [9.17, 15) is 4.39 Å². The molecule has 5 nitrogen and oxygen atoms in total. The van der Waals surface area contributed by atoms with Crippen LogP contribution >= 0.6 is 0 Å². The molecule has 0 N–H and O–H groups in total. The van der Waals surface area contributed by atoms with Gasteiger partial charge >= 0.3 is 0 Å². The molecule has 4 rings (SSSR count). The lowest BCUT2D eigenvalue weighted by Crippen LogP contribution is -2.25. The van der Waals surface area contributed by atoms with E-state index >= 15 is 0 Å². The number of nitrogens with zero attached hydrogens (tertiary/aromatic N) is 4. The second-order valence-electron chi connectivity index (χ2n) is 6.91. The molecule has 1 aliphatic heterocycles. The molecule has 0 amide bonds. The van der Waals surface area contributed by atoms with E-state index in [2.05, 4.69) is 14.9 Å². The molecule has 0 aliphatic carbocycles. The topological polar surface area (TPSA) is 43.2 Å². The van der Waals surface area contributed by atoms with Crippen molar-refractivity contribution in [3.8, 4) is 0 Å². The van der Waals surface area contributed by atoms with Crippen LogP contribution in [0.15, 0.2) is 42.5 Å². The minimum Gasteiger partial charge on any atom is -0.366 e. The van der Waals surface area contributed by atoms with Crippen molar-refractivity contribution in [3.05, 3.63) is 59.7 Å². The van der Waals surface area contributed by atoms with Crippen LogP contribution in [0.1, 0.15) is 17.2 Å². The molecule has 2 atom stereocenters. The fourth-order valence-corrected chi connectivity index (χ4v) is 3.52. The number of ether oxygens (including phenoxy) is 1. The summed E-state index contributed by atoms with van der Waals surface area (Å²) < 4.78 is 22.3. The number of para-hydroxylation sites is 2. The Labute approximate surface area is 152 Å². The summed E-state index contributed by atoms with van der Waals surface area (Å²) in [4.78, 5) is 11.1. The zero-order valence-corrected chi connectivity index (χ0v) is 15.1. The Morgan fingerprint density at radius 3 is 2.77 bits per heavy atom. The highest BCUT2D eigenvalue weighted by molar-refractivity contribution is 5.75. The molecule has 2 aromatic heterocycles. The van der Waals surface area contributed by atoms with E-state index in [0.717, 1.165) is 28.2 Å². The smallest absolute Gasteiger partial charge is 0.140 e. The standard InChI is InChI=1S/C20H23FN4O/c1-14-6-5-7-15(22-14)10-25-11-16(21)19(12-25)26-13-20-23-17-8-3-4-9-18(17)24(20)2/h3-9,16,19H,10-13H2,1-2H3/t16-,19+/m1/s1. The summed E-state index contributed by atoms with van der Waals surface area (Å²) in [6, 6.07) is 13.9. The van der Waals surface area contributed by atoms with Crippen molar-refractivity contribution in [1.29, 1.82) is 0 Å². The second-order valence-corrected chi connectivity index (χ2v) is 6.91. The Bertz CT molecular complexity index is 910. The summed E-state index contributed by atoms with van der Waals surface area (Å²) in [5.74, 6) is 0.817. The molecule has 0 unspecified atom stereocenters. The summed E-state index contributed by atoms with van der Waals surface area (Å²) in [7, 11) is 1.96. The fraction of sp³-hybridized carbons (Fsp3) is 0.400. The van der Waals surface area contributed by atoms with Gasteiger partial charge in [0.05, 0.1) is 16.7 Å². The molecule has 3 heterocycles. The Hall–Kier alpha value is -2.31. The summed E-state index contributed by atoms with van der Waals surface area (Å²) in [5.41, 5.74) is 3.94. The van der Waals surface area contributed by atoms with Crippen LogP contribution in [0.25, 0.3) is 11.0 Å². The first-order chi connectivity index (χ1) is 12.6. The maximum absolute atomic E-state index is 14.4. The molecule has 136 valence electrons. The number of aryl methyl sites for hydroxylation is 2. The monoisotopic (exact) mass is 354 g/mol. The SMILES string of the molecule is Cc1cccc(CN2C[C@@H](F)[C@@H](OCc3nc4ccccc4n3C)C2)n1. The molecule has 0 bridgehead atoms. The van der Waals surface area contributed by atoms with Gasteiger partial charge in [0.25, 0.3) is 0 Å². The number of pyridine rings is 1. The molecule has 1 fully saturated rings. The van der Waals surface area contributed by atoms with E-state index in [1.54, 1.807) is 0 Å². The molecule has 6 heteroatoms. The van der Waals surface area contributed by atoms with Crippen LogP contribution in [-0.4, -0.2) is 44.8 Å². The van der Waals surface area contributed by atoms with Gasteiger partial charge in [-0.1, -0.05) is 18.2 Å². The highest BCUT2D eigenvalue weighted by Gasteiger charge is 2.34. The van der Waals surface area contributed by atoms with Gasteiger partial charge in [0.15, 0.2) is 0 Å². The van der Waals surface area contributed by atoms with Gasteiger partial charge in [0, 0.05) is 32.4 Å². The average molecular weight is 354 g/mol. The number of fused-ring (bicyclic) bond motifs is 1. The minimum absolute atomic E-state index is 0.312. The van der Waals surface area contributed by atoms with Gasteiger partial charge in [0.2, 0.25) is 0 Å². The van der Waals surface area contributed by atoms with Gasteiger partial charge in [0.1, 0.15) is 24.7 Å². The number of likely N-dealkylation sites (tertiary alicyclic amines) is 1. The molecule has 0 radical (unpaired) electrons. The Kier molecular flexibility index (Phi) is 4.70. The lowest BCUT2D eigenvalue weighted by molar-refractivity contribution is 0.00747. The molecule has 0 spiro atoms. The summed E-state index contributed by atoms with van der Waals surface area (Å²) in [6.07, 6.45) is -1.42. The lowest BCUT2D eigenvalue weighted by Gasteiger charge is -2.15. The third-order valence-corrected chi connectivity index (χ3v) is 4.91. The van der Waals surface area contributed by atoms with Crippen LogP contribution in [0.5, 0.6) is 0 Å². The summed E-state index contributed by atoms with van der Waals surface area (Å²) >= 11 is 0. The molecular weight excluding hydrogens is 331 g/mol. The van der Waals surface area contributed by atoms with Crippen molar-refractivity contribution < 1.29 is 9.13 Å². The number of hydrogen-bond acceptors (Lipinski definition) is 4. The van der Waals surface area contributed by atoms with Crippen LogP contribution in [0, 0.1) is 6.92 Å². The number of hydrogen-bond donors (Lipinski definition) is 0. The number of halogens is 1. The van der Waals surface area contributed by atoms with Gasteiger partial charge in [-0.15, -0.1) is 0 Å². The summed E-state index contributed by atoms with van der Waals surface area (Å²) in [5, 5.41) is 0. The van der Waals surface area contributed by atoms with Gasteiger partial charge in [-0.3, -0.25) is 9.88 Å². The van der Waals surface area contributed by atoms with Crippen molar-refractivity contribution in [2.75, 3.05) is 13.1 Å². The molecule has 1 saturated heterocycles. The lowest BCUT2D eigenvalue weighted by atomic mass is 10.3. The van der Waals surface area contributed by atoms with E-state index in [-0.39, 0.29) is 0 Å². The molecule has 1 aromatic carbocycles. The number of aromatic nitrogens is 3. The van der Waals surface area contributed by atoms with Crippen LogP contribution < -0.4 is 0 Å². The first-order valence-corrected chi connectivity index (χ1v) is 8.91. The largest absolute Gasteiger partial charge is 0.366 e. The van der Waals surface area contributed by atoms with Crippen LogP contribution in [0.2, 0.25) is 0 Å². The fourth-order valence-electron chi connectivity index (χ4n) is 3.52. The predicted octanol–water partition coefficient (Wildman–Crippen LogP) is 3.02. The molecule has 3 aromatic rings. The number of imidazole rings is 1. The van der Waals surface area contributed by atoms with Gasteiger partial charge in [-0.05, 0) is 31.2 Å². The molecule has 1 aliphatic rings. The average Bonchev–Trinajstić information content (AvgIpc) is 3.13. The maximum Gasteiger partial charge on any atom is 0.140 e. The number of rotatable bonds is 5. The van der Waals surface area contributed by atoms with Crippen LogP contribution in [0.3, 0.4) is 0 Å². The first-order valence-electron chi connectivity index (χ1n) is 8.91. The molecular formula is C20H23FN4O. The molecule has 26 heavy (non-hydrogen) atoms. The Morgan fingerprint density at radius 1 is 1.12 bits per heavy atom. The van der Waals surface area contributed by atoms with Crippen molar-refractivity contribution >= 4 is 11.0 Å². The zero-order chi connectivity index (χ0) is 18.1. The quantitative estimate of drug-likeness (QED) is 0.706. The second kappa shape index (κ2) is 7.13. The van der Waals surface area contributed by atoms with Crippen molar-refractivity contribution in [2.24, 2.45) is 7.05 Å². The van der Waals surface area contributed by atoms with Gasteiger partial charge < -0.3 is 9.30 Å². The van der Waals surface area contributed by atoms with E-state index in [1.807, 2.05) is 61.0 Å². The van der Waals surface area contributed by atoms with E-state index in [4.69, 9.17) is 4.74 Å². The predicted molar refractivity (Wildman–Crippen MR) is 98.4 cm³/mol. The number of alkyl halides is 1. The van der Waals surface area contributed by atoms with E-state index in [0.29, 0.717) is 26.2 Å². The Balaban J connectivity index is 1.38. The third kappa shape index (κ3) is 3.48. The van der Waals surface area contributed by atoms with E-state index < -0.39 is 12.3 Å². The van der Waals surface area contributed by atoms with E-state index in [1.165, 1.54) is 0 Å². The van der Waals surface area contributed by atoms with Crippen molar-refractivity contribution in [1.82, 2.24) is 19.4 Å². The zero-order valence-electron chi connectivity index (χ0n) is 15.1. The first kappa shape index (κ1) is 17.1. The van der Waals surface area contributed by atoms with Gasteiger partial charge in [-0.25, -0.2) is 9.37 Å². The maximum atomic E-state index is 14.4. The third-order valence-electron chi connectivity index (χ3n) is 4.91. The van der Waals surface area contributed by atoms with Crippen LogP contribution in [0.4, 0.5) is 4.39 Å². The Morgan fingerprint density at radius 2 is 1.96 bits per heavy atom. The van der Waals surface area contributed by atoms with Gasteiger partial charge in [-0.2, -0.15) is 0 Å². The number of benzene rings is 1. The highest BCUT2D eigenvalue weighted by Crippen LogP contribution is 2.21. The molecule has 0 saturated carbocycles. The summed E-state index contributed by atoms with van der Waals surface area (Å²) in [6.45, 7) is 3.87. The minimum atomic E-state index is -0.991. The van der Waals surface area contributed by atoms with Crippen molar-refractivity contribution in [3.63, 3.8) is 0 Å². The normalized spacial score (nSPS) is 20.9. The van der Waals surface area contributed by atoms with Crippen molar-refractivity contribution in [2.45, 2.75) is 32.4 Å². The highest BCUT2D eigenvalue weighted by atomic mass is 19.1.